The van der Waals surface area contributed by atoms with E-state index in [1.165, 1.54) is 17.7 Å². The molecule has 1 aliphatic carbocycles. The predicted molar refractivity (Wildman–Crippen MR) is 83.3 cm³/mol. The summed E-state index contributed by atoms with van der Waals surface area (Å²) >= 11 is 1.78. The zero-order valence-corrected chi connectivity index (χ0v) is 12.5. The Morgan fingerprint density at radius 3 is 2.90 bits per heavy atom. The lowest BCUT2D eigenvalue weighted by Gasteiger charge is -2.22. The number of amidine groups is 1. The van der Waals surface area contributed by atoms with Crippen LogP contribution in [0.1, 0.15) is 29.0 Å². The average Bonchev–Trinajstić information content (AvgIpc) is 3.24. The van der Waals surface area contributed by atoms with Crippen molar-refractivity contribution in [1.29, 1.82) is 0 Å². The Morgan fingerprint density at radius 1 is 1.38 bits per heavy atom. The third kappa shape index (κ3) is 3.40. The van der Waals surface area contributed by atoms with E-state index in [1.54, 1.807) is 17.5 Å². The molecule has 1 fully saturated rings. The number of pyridine rings is 1. The summed E-state index contributed by atoms with van der Waals surface area (Å²) in [6.45, 7) is 1.70. The summed E-state index contributed by atoms with van der Waals surface area (Å²) in [4.78, 5) is 8.04. The lowest BCUT2D eigenvalue weighted by Crippen LogP contribution is -2.27. The van der Waals surface area contributed by atoms with E-state index in [0.717, 1.165) is 18.7 Å². The molecule has 3 N–H and O–H groups in total. The van der Waals surface area contributed by atoms with Crippen LogP contribution in [0.15, 0.2) is 41.0 Å². The van der Waals surface area contributed by atoms with Crippen LogP contribution in [0.3, 0.4) is 0 Å². The molecule has 3 rings (SSSR count). The normalized spacial score (nSPS) is 15.6. The Labute approximate surface area is 127 Å². The zero-order valence-electron chi connectivity index (χ0n) is 11.6. The molecule has 5 nitrogen and oxygen atoms in total. The molecule has 21 heavy (non-hydrogen) atoms. The summed E-state index contributed by atoms with van der Waals surface area (Å²) in [5.74, 6) is 0.0671. The molecule has 0 bridgehead atoms. The van der Waals surface area contributed by atoms with E-state index in [1.807, 2.05) is 12.1 Å². The van der Waals surface area contributed by atoms with Crippen LogP contribution in [0.5, 0.6) is 0 Å². The van der Waals surface area contributed by atoms with Gasteiger partial charge >= 0.3 is 0 Å². The minimum absolute atomic E-state index is 0.0671. The third-order valence-electron chi connectivity index (χ3n) is 3.62. The van der Waals surface area contributed by atoms with Crippen LogP contribution in [0.4, 0.5) is 0 Å². The molecular weight excluding hydrogens is 284 g/mol. The van der Waals surface area contributed by atoms with Crippen LogP contribution in [0.2, 0.25) is 0 Å². The van der Waals surface area contributed by atoms with Gasteiger partial charge in [-0.15, -0.1) is 11.3 Å². The van der Waals surface area contributed by atoms with Crippen LogP contribution in [-0.2, 0) is 13.1 Å². The van der Waals surface area contributed by atoms with Crippen molar-refractivity contribution in [2.24, 2.45) is 10.9 Å². The fourth-order valence-corrected chi connectivity index (χ4v) is 3.15. The van der Waals surface area contributed by atoms with Gasteiger partial charge in [0.1, 0.15) is 5.69 Å². The van der Waals surface area contributed by atoms with Gasteiger partial charge in [0.25, 0.3) is 0 Å². The summed E-state index contributed by atoms with van der Waals surface area (Å²) in [6.07, 6.45) is 4.15. The highest BCUT2D eigenvalue weighted by molar-refractivity contribution is 7.09. The predicted octanol–water partition coefficient (Wildman–Crippen LogP) is 2.40. The first-order valence-electron chi connectivity index (χ1n) is 6.96. The fourth-order valence-electron chi connectivity index (χ4n) is 2.42. The van der Waals surface area contributed by atoms with Crippen molar-refractivity contribution < 1.29 is 5.21 Å². The maximum Gasteiger partial charge on any atom is 0.189 e. The van der Waals surface area contributed by atoms with Gasteiger partial charge in [0.05, 0.1) is 0 Å². The van der Waals surface area contributed by atoms with E-state index >= 15 is 0 Å². The zero-order chi connectivity index (χ0) is 14.7. The third-order valence-corrected chi connectivity index (χ3v) is 4.48. The smallest absolute Gasteiger partial charge is 0.189 e. The molecular formula is C15H18N4OS. The first-order valence-corrected chi connectivity index (χ1v) is 7.84. The molecule has 1 aliphatic rings. The van der Waals surface area contributed by atoms with Crippen LogP contribution in [0, 0.1) is 0 Å². The molecule has 1 saturated carbocycles. The van der Waals surface area contributed by atoms with Gasteiger partial charge < -0.3 is 10.9 Å². The molecule has 0 aliphatic heterocycles. The first kappa shape index (κ1) is 14.0. The fraction of sp³-hybridized carbons (Fsp3) is 0.333. The number of oxime groups is 1. The lowest BCUT2D eigenvalue weighted by molar-refractivity contribution is 0.247. The van der Waals surface area contributed by atoms with E-state index < -0.39 is 0 Å². The van der Waals surface area contributed by atoms with Crippen LogP contribution in [0.25, 0.3) is 0 Å². The molecule has 2 heterocycles. The largest absolute Gasteiger partial charge is 0.409 e. The van der Waals surface area contributed by atoms with Gasteiger partial charge in [-0.2, -0.15) is 0 Å². The van der Waals surface area contributed by atoms with Gasteiger partial charge in [0, 0.05) is 30.2 Å². The van der Waals surface area contributed by atoms with E-state index in [2.05, 4.69) is 32.6 Å². The minimum atomic E-state index is 0.0671. The Balaban J connectivity index is 1.80. The van der Waals surface area contributed by atoms with Crippen molar-refractivity contribution in [3.8, 4) is 0 Å². The van der Waals surface area contributed by atoms with Gasteiger partial charge in [-0.1, -0.05) is 17.3 Å². The number of hydrogen-bond donors (Lipinski definition) is 2. The molecule has 6 heteroatoms. The number of hydrogen-bond acceptors (Lipinski definition) is 5. The summed E-state index contributed by atoms with van der Waals surface area (Å²) in [7, 11) is 0. The van der Waals surface area contributed by atoms with Gasteiger partial charge in [0.2, 0.25) is 0 Å². The molecule has 0 saturated heterocycles. The van der Waals surface area contributed by atoms with Crippen molar-refractivity contribution in [3.63, 3.8) is 0 Å². The van der Waals surface area contributed by atoms with Gasteiger partial charge in [-0.05, 0) is 35.9 Å². The maximum absolute atomic E-state index is 8.89. The minimum Gasteiger partial charge on any atom is -0.409 e. The van der Waals surface area contributed by atoms with Gasteiger partial charge in [0.15, 0.2) is 5.84 Å². The van der Waals surface area contributed by atoms with Crippen molar-refractivity contribution in [1.82, 2.24) is 9.88 Å². The second kappa shape index (κ2) is 6.24. The molecule has 0 unspecified atom stereocenters. The SMILES string of the molecule is NC(=NO)c1ncccc1CN(Cc1cccs1)C1CC1. The molecule has 110 valence electrons. The maximum atomic E-state index is 8.89. The van der Waals surface area contributed by atoms with Gasteiger partial charge in [-0.3, -0.25) is 9.88 Å². The Morgan fingerprint density at radius 2 is 2.24 bits per heavy atom. The van der Waals surface area contributed by atoms with E-state index in [4.69, 9.17) is 10.9 Å². The highest BCUT2D eigenvalue weighted by atomic mass is 32.1. The topological polar surface area (TPSA) is 74.7 Å². The molecule has 0 aromatic carbocycles. The highest BCUT2D eigenvalue weighted by Gasteiger charge is 2.29. The number of rotatable bonds is 6. The molecule has 0 atom stereocenters. The van der Waals surface area contributed by atoms with Crippen LogP contribution in [-0.4, -0.2) is 27.0 Å². The Kier molecular flexibility index (Phi) is 4.17. The van der Waals surface area contributed by atoms with Crippen molar-refractivity contribution in [3.05, 3.63) is 52.0 Å². The second-order valence-electron chi connectivity index (χ2n) is 5.21. The molecule has 2 aromatic rings. The Hall–Kier alpha value is -1.92. The van der Waals surface area contributed by atoms with E-state index in [-0.39, 0.29) is 5.84 Å². The second-order valence-corrected chi connectivity index (χ2v) is 6.24. The summed E-state index contributed by atoms with van der Waals surface area (Å²) in [5, 5.41) is 14.1. The standard InChI is InChI=1S/C15H18N4OS/c16-15(18-20)14-11(3-1-7-17-14)9-19(12-5-6-12)10-13-4-2-8-21-13/h1-4,7-8,12,20H,5-6,9-10H2,(H2,16,18). The number of nitrogens with two attached hydrogens (primary N) is 1. The molecule has 0 amide bonds. The lowest BCUT2D eigenvalue weighted by atomic mass is 10.1. The quantitative estimate of drug-likeness (QED) is 0.372. The first-order chi connectivity index (χ1) is 10.3. The Bertz CT molecular complexity index is 622. The summed E-state index contributed by atoms with van der Waals surface area (Å²) < 4.78 is 0. The molecule has 0 spiro atoms. The van der Waals surface area contributed by atoms with Gasteiger partial charge in [-0.25, -0.2) is 0 Å². The van der Waals surface area contributed by atoms with Crippen molar-refractivity contribution in [2.45, 2.75) is 32.0 Å². The van der Waals surface area contributed by atoms with Crippen LogP contribution < -0.4 is 5.73 Å². The summed E-state index contributed by atoms with van der Waals surface area (Å²) in [5.41, 5.74) is 7.28. The van der Waals surface area contributed by atoms with Crippen molar-refractivity contribution >= 4 is 17.2 Å². The number of aromatic nitrogens is 1. The van der Waals surface area contributed by atoms with Crippen molar-refractivity contribution in [2.75, 3.05) is 0 Å². The molecule has 2 aromatic heterocycles. The highest BCUT2D eigenvalue weighted by Crippen LogP contribution is 2.30. The average molecular weight is 302 g/mol. The number of thiophene rings is 1. The summed E-state index contributed by atoms with van der Waals surface area (Å²) in [6, 6.07) is 8.75. The van der Waals surface area contributed by atoms with E-state index in [0.29, 0.717) is 11.7 Å². The van der Waals surface area contributed by atoms with E-state index in [9.17, 15) is 0 Å². The molecule has 0 radical (unpaired) electrons. The monoisotopic (exact) mass is 302 g/mol. The number of nitrogens with zero attached hydrogens (tertiary/aromatic N) is 3. The van der Waals surface area contributed by atoms with Crippen LogP contribution >= 0.6 is 11.3 Å².